The number of ether oxygens (including phenoxy) is 3. The molecule has 3 aromatic rings. The van der Waals surface area contributed by atoms with E-state index in [0.29, 0.717) is 40.5 Å². The minimum absolute atomic E-state index is 0.0577. The van der Waals surface area contributed by atoms with Gasteiger partial charge in [-0.2, -0.15) is 0 Å². The first-order valence-corrected chi connectivity index (χ1v) is 10.7. The summed E-state index contributed by atoms with van der Waals surface area (Å²) in [4.78, 5) is 11.3. The lowest BCUT2D eigenvalue weighted by atomic mass is 9.96. The Morgan fingerprint density at radius 1 is 0.912 bits per heavy atom. The molecule has 34 heavy (non-hydrogen) atoms. The molecule has 0 saturated heterocycles. The van der Waals surface area contributed by atoms with E-state index in [4.69, 9.17) is 14.2 Å². The van der Waals surface area contributed by atoms with Crippen molar-refractivity contribution in [3.8, 4) is 51.0 Å². The fourth-order valence-electron chi connectivity index (χ4n) is 3.52. The number of amides is 1. The molecule has 178 valence electrons. The van der Waals surface area contributed by atoms with Crippen molar-refractivity contribution in [3.05, 3.63) is 60.2 Å². The summed E-state index contributed by atoms with van der Waals surface area (Å²) in [5, 5.41) is 24.4. The number of hydrogen-bond acceptors (Lipinski definition) is 6. The summed E-state index contributed by atoms with van der Waals surface area (Å²) in [6, 6.07) is 13.8. The third-order valence-electron chi connectivity index (χ3n) is 5.14. The zero-order valence-corrected chi connectivity index (χ0v) is 19.9. The Bertz CT molecular complexity index is 1210. The molecule has 0 aliphatic heterocycles. The second-order valence-electron chi connectivity index (χ2n) is 7.92. The van der Waals surface area contributed by atoms with Crippen molar-refractivity contribution in [1.82, 2.24) is 0 Å². The molecule has 3 aromatic carbocycles. The number of rotatable bonds is 8. The van der Waals surface area contributed by atoms with Crippen LogP contribution in [0.1, 0.15) is 20.8 Å². The van der Waals surface area contributed by atoms with E-state index in [1.165, 1.54) is 27.2 Å². The van der Waals surface area contributed by atoms with Crippen molar-refractivity contribution in [3.63, 3.8) is 0 Å². The molecule has 7 heteroatoms. The summed E-state index contributed by atoms with van der Waals surface area (Å²) in [6.45, 7) is 5.72. The summed E-state index contributed by atoms with van der Waals surface area (Å²) in [7, 11) is 2.98. The summed E-state index contributed by atoms with van der Waals surface area (Å²) in [6.07, 6.45) is 1.91. The Morgan fingerprint density at radius 3 is 2.15 bits per heavy atom. The number of methoxy groups -OCH3 is 2. The van der Waals surface area contributed by atoms with Gasteiger partial charge in [-0.15, -0.1) is 0 Å². The van der Waals surface area contributed by atoms with Gasteiger partial charge in [0.05, 0.1) is 19.8 Å². The standard InChI is InChI=1S/C27H29NO6/c1-16(2)12-13-34-23-11-8-19(14-22(23)30)25-24(32-4)15-21(27(33-5)26(25)31)18-6-9-20(10-7-18)28-17(3)29/h6-12,14-15,30-31H,13H2,1-5H3,(H,28,29). The van der Waals surface area contributed by atoms with E-state index in [9.17, 15) is 15.0 Å². The monoisotopic (exact) mass is 463 g/mol. The largest absolute Gasteiger partial charge is 0.504 e. The van der Waals surface area contributed by atoms with Crippen LogP contribution in [-0.2, 0) is 4.79 Å². The van der Waals surface area contributed by atoms with Crippen molar-refractivity contribution in [1.29, 1.82) is 0 Å². The van der Waals surface area contributed by atoms with E-state index in [2.05, 4.69) is 5.32 Å². The zero-order chi connectivity index (χ0) is 24.8. The normalized spacial score (nSPS) is 10.4. The van der Waals surface area contributed by atoms with Crippen LogP contribution in [0.5, 0.6) is 28.7 Å². The fraction of sp³-hybridized carbons (Fsp3) is 0.222. The number of anilines is 1. The lowest BCUT2D eigenvalue weighted by Gasteiger charge is -2.18. The van der Waals surface area contributed by atoms with E-state index in [1.54, 1.807) is 30.3 Å². The second-order valence-corrected chi connectivity index (χ2v) is 7.92. The first-order valence-electron chi connectivity index (χ1n) is 10.7. The molecular weight excluding hydrogens is 434 g/mol. The van der Waals surface area contributed by atoms with Crippen LogP contribution in [0.4, 0.5) is 5.69 Å². The first kappa shape index (κ1) is 24.5. The van der Waals surface area contributed by atoms with E-state index >= 15 is 0 Å². The van der Waals surface area contributed by atoms with E-state index in [1.807, 2.05) is 32.1 Å². The topological polar surface area (TPSA) is 97.3 Å². The van der Waals surface area contributed by atoms with Crippen LogP contribution in [0.3, 0.4) is 0 Å². The van der Waals surface area contributed by atoms with Crippen LogP contribution in [-0.4, -0.2) is 36.9 Å². The van der Waals surface area contributed by atoms with Gasteiger partial charge in [-0.1, -0.05) is 23.8 Å². The van der Waals surface area contributed by atoms with Crippen molar-refractivity contribution in [2.45, 2.75) is 20.8 Å². The maximum Gasteiger partial charge on any atom is 0.221 e. The number of phenols is 2. The van der Waals surface area contributed by atoms with Crippen molar-refractivity contribution in [2.75, 3.05) is 26.1 Å². The highest BCUT2D eigenvalue weighted by molar-refractivity contribution is 5.90. The number of allylic oxidation sites excluding steroid dienone is 1. The molecule has 0 spiro atoms. The molecule has 0 heterocycles. The molecule has 0 saturated carbocycles. The fourth-order valence-corrected chi connectivity index (χ4v) is 3.52. The van der Waals surface area contributed by atoms with Crippen LogP contribution in [0.15, 0.2) is 60.2 Å². The van der Waals surface area contributed by atoms with Gasteiger partial charge in [0.25, 0.3) is 0 Å². The minimum Gasteiger partial charge on any atom is -0.504 e. The summed E-state index contributed by atoms with van der Waals surface area (Å²) in [5.74, 6) is 0.648. The van der Waals surface area contributed by atoms with Gasteiger partial charge in [0.2, 0.25) is 5.91 Å². The highest BCUT2D eigenvalue weighted by atomic mass is 16.5. The van der Waals surface area contributed by atoms with Gasteiger partial charge in [0.15, 0.2) is 23.0 Å². The predicted molar refractivity (Wildman–Crippen MR) is 133 cm³/mol. The molecule has 0 aliphatic carbocycles. The highest BCUT2D eigenvalue weighted by Gasteiger charge is 2.22. The molecule has 7 nitrogen and oxygen atoms in total. The van der Waals surface area contributed by atoms with Crippen LogP contribution in [0.25, 0.3) is 22.3 Å². The Hall–Kier alpha value is -4.13. The summed E-state index contributed by atoms with van der Waals surface area (Å²) >= 11 is 0. The second kappa shape index (κ2) is 10.7. The highest BCUT2D eigenvalue weighted by Crippen LogP contribution is 2.50. The Morgan fingerprint density at radius 2 is 1.59 bits per heavy atom. The Balaban J connectivity index is 2.04. The number of phenolic OH excluding ortho intramolecular Hbond substituents is 2. The lowest BCUT2D eigenvalue weighted by Crippen LogP contribution is -2.05. The van der Waals surface area contributed by atoms with Crippen molar-refractivity contribution >= 4 is 11.6 Å². The van der Waals surface area contributed by atoms with E-state index in [-0.39, 0.29) is 23.2 Å². The molecule has 0 aliphatic rings. The number of carbonyl (C=O) groups excluding carboxylic acids is 1. The van der Waals surface area contributed by atoms with Gasteiger partial charge in [0, 0.05) is 18.2 Å². The van der Waals surface area contributed by atoms with Crippen LogP contribution in [0.2, 0.25) is 0 Å². The zero-order valence-electron chi connectivity index (χ0n) is 19.9. The molecule has 0 atom stereocenters. The van der Waals surface area contributed by atoms with E-state index in [0.717, 1.165) is 11.1 Å². The Kier molecular flexibility index (Phi) is 7.68. The maximum absolute atomic E-state index is 11.3. The molecule has 3 rings (SSSR count). The molecular formula is C27H29NO6. The smallest absolute Gasteiger partial charge is 0.221 e. The Labute approximate surface area is 199 Å². The average molecular weight is 464 g/mol. The maximum atomic E-state index is 11.3. The van der Waals surface area contributed by atoms with E-state index < -0.39 is 0 Å². The quantitative estimate of drug-likeness (QED) is 0.368. The van der Waals surface area contributed by atoms with Crippen LogP contribution >= 0.6 is 0 Å². The molecule has 0 unspecified atom stereocenters. The van der Waals surface area contributed by atoms with Crippen LogP contribution < -0.4 is 19.5 Å². The summed E-state index contributed by atoms with van der Waals surface area (Å²) in [5.41, 5.74) is 4.06. The predicted octanol–water partition coefficient (Wildman–Crippen LogP) is 5.75. The number of aromatic hydroxyl groups is 2. The molecule has 0 bridgehead atoms. The van der Waals surface area contributed by atoms with Crippen LogP contribution in [0, 0.1) is 0 Å². The number of benzene rings is 3. The van der Waals surface area contributed by atoms with Crippen molar-refractivity contribution < 1.29 is 29.2 Å². The minimum atomic E-state index is -0.161. The number of hydrogen-bond donors (Lipinski definition) is 3. The lowest BCUT2D eigenvalue weighted by molar-refractivity contribution is -0.114. The molecule has 0 aromatic heterocycles. The van der Waals surface area contributed by atoms with Crippen molar-refractivity contribution in [2.24, 2.45) is 0 Å². The average Bonchev–Trinajstić information content (AvgIpc) is 2.79. The van der Waals surface area contributed by atoms with Gasteiger partial charge in [0.1, 0.15) is 12.4 Å². The third kappa shape index (κ3) is 5.43. The molecule has 3 N–H and O–H groups in total. The summed E-state index contributed by atoms with van der Waals surface area (Å²) < 4.78 is 16.7. The molecule has 0 radical (unpaired) electrons. The number of carbonyl (C=O) groups is 1. The third-order valence-corrected chi connectivity index (χ3v) is 5.14. The van der Waals surface area contributed by atoms with Gasteiger partial charge in [-0.25, -0.2) is 0 Å². The van der Waals surface area contributed by atoms with Gasteiger partial charge in [-0.05, 0) is 61.4 Å². The van der Waals surface area contributed by atoms with Gasteiger partial charge in [-0.3, -0.25) is 4.79 Å². The first-order chi connectivity index (χ1) is 16.2. The SMILES string of the molecule is COc1cc(-c2ccc(NC(C)=O)cc2)c(OC)c(O)c1-c1ccc(OCC=C(C)C)c(O)c1. The van der Waals surface area contributed by atoms with Gasteiger partial charge < -0.3 is 29.7 Å². The van der Waals surface area contributed by atoms with Gasteiger partial charge >= 0.3 is 0 Å². The number of nitrogens with one attached hydrogen (secondary N) is 1. The molecule has 1 amide bonds. The molecule has 0 fully saturated rings.